The summed E-state index contributed by atoms with van der Waals surface area (Å²) < 4.78 is 5.04. The lowest BCUT2D eigenvalue weighted by Crippen LogP contribution is -2.54. The van der Waals surface area contributed by atoms with Crippen LogP contribution in [0.25, 0.3) is 0 Å². The molecule has 106 valence electrons. The van der Waals surface area contributed by atoms with Crippen molar-refractivity contribution < 1.29 is 9.53 Å². The number of amides is 1. The number of ether oxygens (including phenoxy) is 1. The van der Waals surface area contributed by atoms with Gasteiger partial charge in [0, 0.05) is 25.2 Å². The number of nitrogens with zero attached hydrogens (tertiary/aromatic N) is 1. The quantitative estimate of drug-likeness (QED) is 0.794. The zero-order valence-electron chi connectivity index (χ0n) is 11.7. The van der Waals surface area contributed by atoms with Gasteiger partial charge in [-0.05, 0) is 44.4 Å². The Balaban J connectivity index is 1.41. The molecule has 0 radical (unpaired) electrons. The summed E-state index contributed by atoms with van der Waals surface area (Å²) in [7, 11) is 0. The molecule has 3 rings (SSSR count). The molecule has 19 heavy (non-hydrogen) atoms. The smallest absolute Gasteiger partial charge is 0.409 e. The average molecular weight is 264 g/mol. The second-order valence-corrected chi connectivity index (χ2v) is 5.97. The number of hydrogen-bond acceptors (Lipinski definition) is 3. The van der Waals surface area contributed by atoms with E-state index in [1.165, 1.54) is 12.8 Å². The van der Waals surface area contributed by atoms with Gasteiger partial charge in [0.25, 0.3) is 0 Å². The fourth-order valence-electron chi connectivity index (χ4n) is 3.65. The molecule has 1 N–H and O–H groups in total. The summed E-state index contributed by atoms with van der Waals surface area (Å²) in [5, 5.41) is 3.79. The molecule has 1 saturated carbocycles. The predicted molar refractivity (Wildman–Crippen MR) is 73.9 cm³/mol. The Hall–Kier alpha value is -1.03. The van der Waals surface area contributed by atoms with Crippen LogP contribution in [0.15, 0.2) is 12.2 Å². The highest BCUT2D eigenvalue weighted by atomic mass is 16.6. The number of hydrogen-bond donors (Lipinski definition) is 1. The third kappa shape index (κ3) is 2.64. The SMILES string of the molecule is CCOC(=O)N1CCC(NC2CC3CC=CC32)CC1. The Labute approximate surface area is 115 Å². The lowest BCUT2D eigenvalue weighted by molar-refractivity contribution is 0.0865. The molecule has 3 aliphatic rings. The van der Waals surface area contributed by atoms with Gasteiger partial charge in [-0.2, -0.15) is 0 Å². The van der Waals surface area contributed by atoms with Crippen molar-refractivity contribution in [3.8, 4) is 0 Å². The average Bonchev–Trinajstić information content (AvgIpc) is 2.78. The molecular weight excluding hydrogens is 240 g/mol. The lowest BCUT2D eigenvalue weighted by atomic mass is 9.71. The van der Waals surface area contributed by atoms with E-state index in [0.29, 0.717) is 18.7 Å². The van der Waals surface area contributed by atoms with Crippen LogP contribution in [0.2, 0.25) is 0 Å². The number of allylic oxidation sites excluding steroid dienone is 1. The molecule has 4 heteroatoms. The van der Waals surface area contributed by atoms with Gasteiger partial charge in [0.1, 0.15) is 0 Å². The van der Waals surface area contributed by atoms with Crippen molar-refractivity contribution in [2.24, 2.45) is 11.8 Å². The number of rotatable bonds is 3. The van der Waals surface area contributed by atoms with Crippen molar-refractivity contribution in [3.63, 3.8) is 0 Å². The Morgan fingerprint density at radius 3 is 2.89 bits per heavy atom. The number of carbonyl (C=O) groups is 1. The number of likely N-dealkylation sites (tertiary alicyclic amines) is 1. The van der Waals surface area contributed by atoms with Crippen LogP contribution in [0.3, 0.4) is 0 Å². The first-order valence-corrected chi connectivity index (χ1v) is 7.62. The summed E-state index contributed by atoms with van der Waals surface area (Å²) in [6.45, 7) is 3.98. The number of carbonyl (C=O) groups excluding carboxylic acids is 1. The van der Waals surface area contributed by atoms with E-state index in [1.807, 2.05) is 11.8 Å². The molecule has 0 aromatic carbocycles. The van der Waals surface area contributed by atoms with Crippen LogP contribution in [-0.4, -0.2) is 42.8 Å². The first kappa shape index (κ1) is 13.0. The summed E-state index contributed by atoms with van der Waals surface area (Å²) in [6, 6.07) is 1.26. The van der Waals surface area contributed by atoms with E-state index >= 15 is 0 Å². The zero-order chi connectivity index (χ0) is 13.2. The highest BCUT2D eigenvalue weighted by Crippen LogP contribution is 2.43. The molecule has 2 aliphatic carbocycles. The third-order valence-electron chi connectivity index (χ3n) is 4.83. The zero-order valence-corrected chi connectivity index (χ0v) is 11.7. The van der Waals surface area contributed by atoms with E-state index < -0.39 is 0 Å². The van der Waals surface area contributed by atoms with Gasteiger partial charge in [0.2, 0.25) is 0 Å². The maximum atomic E-state index is 11.6. The van der Waals surface area contributed by atoms with Gasteiger partial charge >= 0.3 is 6.09 Å². The van der Waals surface area contributed by atoms with Crippen LogP contribution >= 0.6 is 0 Å². The molecule has 1 saturated heterocycles. The molecule has 0 aromatic heterocycles. The van der Waals surface area contributed by atoms with E-state index in [0.717, 1.165) is 37.8 Å². The van der Waals surface area contributed by atoms with E-state index in [4.69, 9.17) is 4.74 Å². The van der Waals surface area contributed by atoms with Gasteiger partial charge in [-0.3, -0.25) is 0 Å². The molecule has 1 aliphatic heterocycles. The highest BCUT2D eigenvalue weighted by Gasteiger charge is 2.41. The van der Waals surface area contributed by atoms with Crippen LogP contribution in [0.1, 0.15) is 32.6 Å². The van der Waals surface area contributed by atoms with E-state index in [2.05, 4.69) is 17.5 Å². The van der Waals surface area contributed by atoms with Gasteiger partial charge in [0.05, 0.1) is 6.61 Å². The largest absolute Gasteiger partial charge is 0.450 e. The third-order valence-corrected chi connectivity index (χ3v) is 4.83. The van der Waals surface area contributed by atoms with Crippen molar-refractivity contribution >= 4 is 6.09 Å². The maximum absolute atomic E-state index is 11.6. The maximum Gasteiger partial charge on any atom is 0.409 e. The summed E-state index contributed by atoms with van der Waals surface area (Å²) in [5.41, 5.74) is 0. The van der Waals surface area contributed by atoms with Crippen LogP contribution in [-0.2, 0) is 4.74 Å². The van der Waals surface area contributed by atoms with E-state index in [-0.39, 0.29) is 6.09 Å². The monoisotopic (exact) mass is 264 g/mol. The number of nitrogens with one attached hydrogen (secondary N) is 1. The van der Waals surface area contributed by atoms with E-state index in [9.17, 15) is 4.79 Å². The molecule has 0 bridgehead atoms. The van der Waals surface area contributed by atoms with Crippen molar-refractivity contribution in [1.29, 1.82) is 0 Å². The second-order valence-electron chi connectivity index (χ2n) is 5.97. The van der Waals surface area contributed by atoms with Crippen molar-refractivity contribution in [3.05, 3.63) is 12.2 Å². The normalized spacial score (nSPS) is 33.9. The minimum Gasteiger partial charge on any atom is -0.450 e. The minimum absolute atomic E-state index is 0.150. The predicted octanol–water partition coefficient (Wildman–Crippen LogP) is 2.16. The Bertz CT molecular complexity index is 361. The number of fused-ring (bicyclic) bond motifs is 1. The molecule has 0 spiro atoms. The first-order valence-electron chi connectivity index (χ1n) is 7.62. The fraction of sp³-hybridized carbons (Fsp3) is 0.800. The van der Waals surface area contributed by atoms with Gasteiger partial charge in [-0.1, -0.05) is 12.2 Å². The van der Waals surface area contributed by atoms with Gasteiger partial charge in [-0.25, -0.2) is 4.79 Å². The Kier molecular flexibility index (Phi) is 3.78. The number of piperidine rings is 1. The Morgan fingerprint density at radius 2 is 2.21 bits per heavy atom. The topological polar surface area (TPSA) is 41.6 Å². The van der Waals surface area contributed by atoms with Gasteiger partial charge < -0.3 is 15.0 Å². The fourth-order valence-corrected chi connectivity index (χ4v) is 3.65. The standard InChI is InChI=1S/C15H24N2O2/c1-2-19-15(18)17-8-6-12(7-9-17)16-14-10-11-4-3-5-13(11)14/h3,5,11-14,16H,2,4,6-10H2,1H3. The van der Waals surface area contributed by atoms with Gasteiger partial charge in [-0.15, -0.1) is 0 Å². The summed E-state index contributed by atoms with van der Waals surface area (Å²) in [6.07, 6.45) is 9.29. The van der Waals surface area contributed by atoms with Crippen LogP contribution in [0.5, 0.6) is 0 Å². The molecule has 4 nitrogen and oxygen atoms in total. The minimum atomic E-state index is -0.150. The van der Waals surface area contributed by atoms with Gasteiger partial charge in [0.15, 0.2) is 0 Å². The van der Waals surface area contributed by atoms with Crippen LogP contribution < -0.4 is 5.32 Å². The van der Waals surface area contributed by atoms with Crippen molar-refractivity contribution in [2.75, 3.05) is 19.7 Å². The Morgan fingerprint density at radius 1 is 1.42 bits per heavy atom. The molecule has 1 amide bonds. The second kappa shape index (κ2) is 5.53. The molecule has 3 unspecified atom stereocenters. The van der Waals surface area contributed by atoms with Crippen molar-refractivity contribution in [2.45, 2.75) is 44.7 Å². The lowest BCUT2D eigenvalue weighted by Gasteiger charge is -2.44. The van der Waals surface area contributed by atoms with Crippen molar-refractivity contribution in [1.82, 2.24) is 10.2 Å². The molecule has 0 aromatic rings. The summed E-state index contributed by atoms with van der Waals surface area (Å²) >= 11 is 0. The van der Waals surface area contributed by atoms with Crippen LogP contribution in [0, 0.1) is 11.8 Å². The first-order chi connectivity index (χ1) is 9.28. The summed E-state index contributed by atoms with van der Waals surface area (Å²) in [4.78, 5) is 13.5. The highest BCUT2D eigenvalue weighted by molar-refractivity contribution is 5.67. The van der Waals surface area contributed by atoms with Crippen LogP contribution in [0.4, 0.5) is 4.79 Å². The molecular formula is C15H24N2O2. The molecule has 3 atom stereocenters. The summed E-state index contributed by atoms with van der Waals surface area (Å²) in [5.74, 6) is 1.69. The molecule has 2 fully saturated rings. The molecule has 1 heterocycles. The van der Waals surface area contributed by atoms with E-state index in [1.54, 1.807) is 0 Å².